The van der Waals surface area contributed by atoms with Crippen LogP contribution in [0.15, 0.2) is 24.3 Å². The van der Waals surface area contributed by atoms with Crippen LogP contribution < -0.4 is 0 Å². The fourth-order valence-corrected chi connectivity index (χ4v) is 1.90. The zero-order chi connectivity index (χ0) is 13.5. The van der Waals surface area contributed by atoms with E-state index in [0.717, 1.165) is 6.42 Å². The summed E-state index contributed by atoms with van der Waals surface area (Å²) in [6, 6.07) is 10.3. The van der Waals surface area contributed by atoms with E-state index in [-0.39, 0.29) is 18.5 Å². The highest BCUT2D eigenvalue weighted by Gasteiger charge is 2.15. The Labute approximate surface area is 109 Å². The fraction of sp³-hybridized carbons (Fsp3) is 0.467. The molecule has 0 radical (unpaired) electrons. The van der Waals surface area contributed by atoms with Crippen molar-refractivity contribution in [1.82, 2.24) is 4.90 Å². The lowest BCUT2D eigenvalue weighted by atomic mass is 10.1. The zero-order valence-electron chi connectivity index (χ0n) is 11.3. The van der Waals surface area contributed by atoms with Gasteiger partial charge in [0.1, 0.15) is 6.54 Å². The quantitative estimate of drug-likeness (QED) is 0.747. The van der Waals surface area contributed by atoms with Gasteiger partial charge < -0.3 is 4.90 Å². The van der Waals surface area contributed by atoms with Crippen molar-refractivity contribution in [3.63, 3.8) is 0 Å². The lowest BCUT2D eigenvalue weighted by Gasteiger charge is -2.23. The van der Waals surface area contributed by atoms with Crippen LogP contribution in [0.1, 0.15) is 31.4 Å². The molecule has 96 valence electrons. The van der Waals surface area contributed by atoms with E-state index in [9.17, 15) is 4.79 Å². The normalized spacial score (nSPS) is 10.2. The Kier molecular flexibility index (Phi) is 5.38. The Morgan fingerprint density at radius 1 is 1.44 bits per heavy atom. The molecule has 0 atom stereocenters. The van der Waals surface area contributed by atoms with E-state index in [4.69, 9.17) is 5.26 Å². The van der Waals surface area contributed by atoms with Gasteiger partial charge in [0.15, 0.2) is 0 Å². The third-order valence-electron chi connectivity index (χ3n) is 2.89. The van der Waals surface area contributed by atoms with Crippen molar-refractivity contribution in [2.75, 3.05) is 6.54 Å². The second-order valence-corrected chi connectivity index (χ2v) is 4.76. The monoisotopic (exact) mass is 244 g/mol. The topological polar surface area (TPSA) is 44.1 Å². The summed E-state index contributed by atoms with van der Waals surface area (Å²) in [6.45, 7) is 6.08. The van der Waals surface area contributed by atoms with E-state index >= 15 is 0 Å². The summed E-state index contributed by atoms with van der Waals surface area (Å²) in [5.41, 5.74) is 2.38. The highest BCUT2D eigenvalue weighted by molar-refractivity contribution is 5.77. The molecule has 0 saturated carbocycles. The Bertz CT molecular complexity index is 446. The number of carbonyl (C=O) groups excluding carboxylic acids is 1. The van der Waals surface area contributed by atoms with Crippen LogP contribution in [0.25, 0.3) is 0 Å². The summed E-state index contributed by atoms with van der Waals surface area (Å²) in [7, 11) is 0. The van der Waals surface area contributed by atoms with Crippen molar-refractivity contribution in [2.24, 2.45) is 0 Å². The number of hydrogen-bond acceptors (Lipinski definition) is 2. The molecule has 0 aromatic heterocycles. The van der Waals surface area contributed by atoms with E-state index in [1.807, 2.05) is 45.0 Å². The Morgan fingerprint density at radius 3 is 2.72 bits per heavy atom. The van der Waals surface area contributed by atoms with Crippen molar-refractivity contribution in [1.29, 1.82) is 5.26 Å². The molecule has 0 aliphatic rings. The van der Waals surface area contributed by atoms with Crippen LogP contribution >= 0.6 is 0 Å². The highest BCUT2D eigenvalue weighted by Crippen LogP contribution is 2.09. The molecule has 0 spiro atoms. The van der Waals surface area contributed by atoms with Crippen molar-refractivity contribution >= 4 is 5.91 Å². The largest absolute Gasteiger partial charge is 0.327 e. The van der Waals surface area contributed by atoms with E-state index in [2.05, 4.69) is 6.07 Å². The molecule has 1 aromatic rings. The molecule has 1 aromatic carbocycles. The number of rotatable bonds is 5. The predicted molar refractivity (Wildman–Crippen MR) is 72.0 cm³/mol. The molecule has 0 saturated heterocycles. The van der Waals surface area contributed by atoms with Crippen LogP contribution in [0.2, 0.25) is 0 Å². The summed E-state index contributed by atoms with van der Waals surface area (Å²) in [5, 5.41) is 8.71. The van der Waals surface area contributed by atoms with Crippen molar-refractivity contribution in [2.45, 2.75) is 39.7 Å². The minimum atomic E-state index is 0.0491. The molecule has 0 fully saturated rings. The molecular weight excluding hydrogens is 224 g/mol. The number of amides is 1. The Morgan fingerprint density at radius 2 is 2.17 bits per heavy atom. The smallest absolute Gasteiger partial charge is 0.223 e. The van der Waals surface area contributed by atoms with Crippen LogP contribution in [0.3, 0.4) is 0 Å². The Hall–Kier alpha value is -1.82. The third kappa shape index (κ3) is 4.21. The standard InChI is InChI=1S/C15H20N2O/c1-12(2)17(10-9-16)15(18)8-7-14-6-4-5-13(3)11-14/h4-6,11-12H,7-8,10H2,1-3H3. The maximum atomic E-state index is 12.0. The molecule has 0 N–H and O–H groups in total. The van der Waals surface area contributed by atoms with Gasteiger partial charge in [0.25, 0.3) is 0 Å². The number of carbonyl (C=O) groups is 1. The molecule has 3 nitrogen and oxygen atoms in total. The average molecular weight is 244 g/mol. The minimum absolute atomic E-state index is 0.0491. The number of nitrogens with zero attached hydrogens (tertiary/aromatic N) is 2. The Balaban J connectivity index is 2.57. The number of hydrogen-bond donors (Lipinski definition) is 0. The second kappa shape index (κ2) is 6.80. The second-order valence-electron chi connectivity index (χ2n) is 4.76. The summed E-state index contributed by atoms with van der Waals surface area (Å²) >= 11 is 0. The maximum Gasteiger partial charge on any atom is 0.223 e. The number of benzene rings is 1. The maximum absolute atomic E-state index is 12.0. The van der Waals surface area contributed by atoms with Gasteiger partial charge in [0.2, 0.25) is 5.91 Å². The van der Waals surface area contributed by atoms with E-state index in [0.29, 0.717) is 6.42 Å². The van der Waals surface area contributed by atoms with Gasteiger partial charge in [0, 0.05) is 12.5 Å². The molecule has 1 amide bonds. The first-order chi connectivity index (χ1) is 8.54. The van der Waals surface area contributed by atoms with E-state index < -0.39 is 0 Å². The van der Waals surface area contributed by atoms with Gasteiger partial charge in [-0.05, 0) is 32.8 Å². The van der Waals surface area contributed by atoms with Crippen molar-refractivity contribution in [3.8, 4) is 6.07 Å². The van der Waals surface area contributed by atoms with Crippen molar-refractivity contribution in [3.05, 3.63) is 35.4 Å². The first-order valence-corrected chi connectivity index (χ1v) is 6.26. The van der Waals surface area contributed by atoms with Crippen LogP contribution in [0.4, 0.5) is 0 Å². The van der Waals surface area contributed by atoms with Gasteiger partial charge in [-0.25, -0.2) is 0 Å². The van der Waals surface area contributed by atoms with Gasteiger partial charge in [-0.15, -0.1) is 0 Å². The molecule has 1 rings (SSSR count). The predicted octanol–water partition coefficient (Wildman–Crippen LogP) is 2.69. The lowest BCUT2D eigenvalue weighted by Crippen LogP contribution is -2.37. The van der Waals surface area contributed by atoms with Gasteiger partial charge in [-0.2, -0.15) is 5.26 Å². The molecule has 3 heteroatoms. The molecule has 18 heavy (non-hydrogen) atoms. The van der Waals surface area contributed by atoms with Crippen LogP contribution in [-0.4, -0.2) is 23.4 Å². The van der Waals surface area contributed by atoms with Gasteiger partial charge in [0.05, 0.1) is 6.07 Å². The number of aryl methyl sites for hydroxylation is 2. The molecule has 0 bridgehead atoms. The first-order valence-electron chi connectivity index (χ1n) is 6.26. The fourth-order valence-electron chi connectivity index (χ4n) is 1.90. The summed E-state index contributed by atoms with van der Waals surface area (Å²) in [5.74, 6) is 0.0491. The van der Waals surface area contributed by atoms with Crippen LogP contribution in [0.5, 0.6) is 0 Å². The molecular formula is C15H20N2O. The van der Waals surface area contributed by atoms with Gasteiger partial charge in [-0.1, -0.05) is 29.8 Å². The summed E-state index contributed by atoms with van der Waals surface area (Å²) in [6.07, 6.45) is 1.19. The summed E-state index contributed by atoms with van der Waals surface area (Å²) < 4.78 is 0. The molecule has 0 aliphatic heterocycles. The molecule has 0 heterocycles. The van der Waals surface area contributed by atoms with Crippen LogP contribution in [-0.2, 0) is 11.2 Å². The molecule has 0 aliphatic carbocycles. The first kappa shape index (κ1) is 14.2. The lowest BCUT2D eigenvalue weighted by molar-refractivity contribution is -0.132. The van der Waals surface area contributed by atoms with Gasteiger partial charge in [-0.3, -0.25) is 4.79 Å². The van der Waals surface area contributed by atoms with E-state index in [1.54, 1.807) is 4.90 Å². The molecule has 0 unspecified atom stereocenters. The zero-order valence-corrected chi connectivity index (χ0v) is 11.3. The van der Waals surface area contributed by atoms with E-state index in [1.165, 1.54) is 11.1 Å². The third-order valence-corrected chi connectivity index (χ3v) is 2.89. The average Bonchev–Trinajstić information content (AvgIpc) is 2.32. The number of nitriles is 1. The van der Waals surface area contributed by atoms with Crippen molar-refractivity contribution < 1.29 is 4.79 Å². The summed E-state index contributed by atoms with van der Waals surface area (Å²) in [4.78, 5) is 13.6. The van der Waals surface area contributed by atoms with Crippen LogP contribution in [0, 0.1) is 18.3 Å². The van der Waals surface area contributed by atoms with Gasteiger partial charge >= 0.3 is 0 Å². The SMILES string of the molecule is Cc1cccc(CCC(=O)N(CC#N)C(C)C)c1. The minimum Gasteiger partial charge on any atom is -0.327 e. The highest BCUT2D eigenvalue weighted by atomic mass is 16.2.